The van der Waals surface area contributed by atoms with E-state index in [1.165, 1.54) is 17.4 Å². The topological polar surface area (TPSA) is 124 Å². The van der Waals surface area contributed by atoms with Crippen molar-refractivity contribution in [2.45, 2.75) is 13.0 Å². The Labute approximate surface area is 202 Å². The Hall–Kier alpha value is -3.48. The van der Waals surface area contributed by atoms with Crippen molar-refractivity contribution < 1.29 is 22.3 Å². The molecule has 1 aromatic carbocycles. The first kappa shape index (κ1) is 23.3. The first-order chi connectivity index (χ1) is 16.6. The normalized spacial score (nSPS) is 21.4. The van der Waals surface area contributed by atoms with E-state index in [1.54, 1.807) is 30.6 Å². The van der Waals surface area contributed by atoms with Crippen LogP contribution in [0.2, 0.25) is 0 Å². The van der Waals surface area contributed by atoms with Crippen molar-refractivity contribution in [2.75, 3.05) is 33.2 Å². The summed E-state index contributed by atoms with van der Waals surface area (Å²) in [6.07, 6.45) is 5.72. The lowest BCUT2D eigenvalue weighted by atomic mass is 10.0. The molecule has 3 N–H and O–H groups in total. The van der Waals surface area contributed by atoms with Crippen LogP contribution >= 0.6 is 0 Å². The van der Waals surface area contributed by atoms with E-state index in [2.05, 4.69) is 19.6 Å². The molecule has 0 spiro atoms. The molecule has 35 heavy (non-hydrogen) atoms. The van der Waals surface area contributed by atoms with Crippen molar-refractivity contribution in [1.82, 2.24) is 23.9 Å². The van der Waals surface area contributed by atoms with Crippen LogP contribution in [0.15, 0.2) is 42.9 Å². The number of H-pyrrole nitrogens is 1. The number of pyridine rings is 1. The number of rotatable bonds is 6. The third kappa shape index (κ3) is 4.59. The van der Waals surface area contributed by atoms with E-state index in [0.717, 1.165) is 22.7 Å². The van der Waals surface area contributed by atoms with Crippen molar-refractivity contribution in [3.63, 3.8) is 0 Å². The molecule has 0 saturated carbocycles. The number of nitrogens with one attached hydrogen (secondary N) is 3. The smallest absolute Gasteiger partial charge is 0.404 e. The Kier molecular flexibility index (Phi) is 5.74. The van der Waals surface area contributed by atoms with E-state index >= 15 is 0 Å². The maximum absolute atomic E-state index is 14.1. The number of halogens is 1. The minimum Gasteiger partial charge on any atom is -0.423 e. The van der Waals surface area contributed by atoms with E-state index < -0.39 is 16.3 Å². The molecule has 2 aliphatic rings. The molecule has 0 amide bonds. The van der Waals surface area contributed by atoms with Crippen LogP contribution in [0.4, 0.5) is 4.39 Å². The minimum absolute atomic E-state index is 0.296. The maximum atomic E-state index is 14.1. The van der Waals surface area contributed by atoms with Crippen molar-refractivity contribution in [3.05, 3.63) is 48.4 Å². The highest BCUT2D eigenvalue weighted by Crippen LogP contribution is 2.43. The first-order valence-corrected chi connectivity index (χ1v) is 12.4. The highest BCUT2D eigenvalue weighted by Gasteiger charge is 2.37. The van der Waals surface area contributed by atoms with Crippen LogP contribution < -0.4 is 14.2 Å². The number of aromatic amines is 1. The molecular formula is C23H25FN6O4S. The summed E-state index contributed by atoms with van der Waals surface area (Å²) in [5, 5.41) is 8.58. The number of allylic oxidation sites excluding steroid dienone is 1. The fourth-order valence-electron chi connectivity index (χ4n) is 4.10. The highest BCUT2D eigenvalue weighted by atomic mass is 32.2. The Bertz CT molecular complexity index is 1430. The minimum atomic E-state index is -3.72. The zero-order valence-corrected chi connectivity index (χ0v) is 20.0. The van der Waals surface area contributed by atoms with E-state index in [0.29, 0.717) is 54.5 Å². The number of aromatic nitrogens is 2. The summed E-state index contributed by atoms with van der Waals surface area (Å²) in [6, 6.07) is 4.72. The monoisotopic (exact) mass is 500 g/mol. The lowest BCUT2D eigenvalue weighted by Crippen LogP contribution is -2.50. The van der Waals surface area contributed by atoms with Gasteiger partial charge in [-0.25, -0.2) is 4.98 Å². The van der Waals surface area contributed by atoms with Crippen LogP contribution in [0.1, 0.15) is 12.5 Å². The Balaban J connectivity index is 1.43. The molecular weight excluding hydrogens is 475 g/mol. The molecule has 5 rings (SSSR count). The van der Waals surface area contributed by atoms with Gasteiger partial charge in [-0.2, -0.15) is 17.1 Å². The predicted octanol–water partition coefficient (Wildman–Crippen LogP) is 2.72. The fourth-order valence-corrected chi connectivity index (χ4v) is 5.17. The first-order valence-electron chi connectivity index (χ1n) is 11.0. The molecule has 1 fully saturated rings. The van der Waals surface area contributed by atoms with Crippen molar-refractivity contribution >= 4 is 33.0 Å². The largest absolute Gasteiger partial charge is 0.423 e. The number of alkyl halides is 1. The summed E-state index contributed by atoms with van der Waals surface area (Å²) >= 11 is 0. The third-order valence-electron chi connectivity index (χ3n) is 6.02. The number of hydrogen-bond acceptors (Lipinski definition) is 7. The van der Waals surface area contributed by atoms with E-state index in [1.807, 2.05) is 13.1 Å². The maximum Gasteiger partial charge on any atom is 0.404 e. The lowest BCUT2D eigenvalue weighted by Gasteiger charge is -2.31. The van der Waals surface area contributed by atoms with E-state index in [4.69, 9.17) is 14.9 Å². The molecule has 0 radical (unpaired) electrons. The third-order valence-corrected chi connectivity index (χ3v) is 7.49. The Morgan fingerprint density at radius 2 is 1.97 bits per heavy atom. The van der Waals surface area contributed by atoms with Crippen molar-refractivity contribution in [1.29, 1.82) is 5.41 Å². The second-order valence-electron chi connectivity index (χ2n) is 8.59. The zero-order chi connectivity index (χ0) is 24.8. The van der Waals surface area contributed by atoms with E-state index in [-0.39, 0.29) is 0 Å². The summed E-state index contributed by atoms with van der Waals surface area (Å²) in [7, 11) is -1.78. The van der Waals surface area contributed by atoms with Crippen molar-refractivity contribution in [2.24, 2.45) is 0 Å². The molecule has 2 aromatic heterocycles. The number of nitrogens with zero attached hydrogens (tertiary/aromatic N) is 3. The second kappa shape index (κ2) is 8.63. The van der Waals surface area contributed by atoms with Gasteiger partial charge in [0.2, 0.25) is 0 Å². The van der Waals surface area contributed by atoms with Crippen LogP contribution in [0.5, 0.6) is 11.5 Å². The van der Waals surface area contributed by atoms with Crippen molar-refractivity contribution in [3.8, 4) is 22.6 Å². The SMILES string of the molecule is CN1CCN(S(=O)(=O)N/C=C(\C=N)c2cnc3[nH]cc(-c4ccc5c(c4)OC(C)(F)O5)c3c2)CC1. The van der Waals surface area contributed by atoms with Gasteiger partial charge in [-0.05, 0) is 30.8 Å². The van der Waals surface area contributed by atoms with Gasteiger partial charge in [0.05, 0.1) is 0 Å². The molecule has 184 valence electrons. The van der Waals surface area contributed by atoms with Gasteiger partial charge in [0.1, 0.15) is 5.65 Å². The number of fused-ring (bicyclic) bond motifs is 2. The number of ether oxygens (including phenoxy) is 2. The highest BCUT2D eigenvalue weighted by molar-refractivity contribution is 7.87. The van der Waals surface area contributed by atoms with E-state index in [9.17, 15) is 12.8 Å². The predicted molar refractivity (Wildman–Crippen MR) is 130 cm³/mol. The van der Waals surface area contributed by atoms with Gasteiger partial charge in [-0.1, -0.05) is 6.07 Å². The average molecular weight is 501 g/mol. The Morgan fingerprint density at radius 1 is 1.23 bits per heavy atom. The van der Waals surface area contributed by atoms with Gasteiger partial charge in [0.15, 0.2) is 11.5 Å². The summed E-state index contributed by atoms with van der Waals surface area (Å²) in [5.41, 5.74) is 3.07. The van der Waals surface area contributed by atoms with Crippen LogP contribution in [0, 0.1) is 5.41 Å². The average Bonchev–Trinajstić information content (AvgIpc) is 3.37. The van der Waals surface area contributed by atoms with Crippen LogP contribution in [0.25, 0.3) is 27.7 Å². The quantitative estimate of drug-likeness (QED) is 0.447. The molecule has 0 aliphatic carbocycles. The van der Waals surface area contributed by atoms with Gasteiger partial charge in [0.25, 0.3) is 0 Å². The summed E-state index contributed by atoms with van der Waals surface area (Å²) in [6.45, 7) is 3.30. The zero-order valence-electron chi connectivity index (χ0n) is 19.2. The number of piperazine rings is 1. The molecule has 1 unspecified atom stereocenters. The number of likely N-dealkylation sites (N-methyl/N-ethyl adjacent to an activating group) is 1. The molecule has 2 aliphatic heterocycles. The second-order valence-corrected chi connectivity index (χ2v) is 10.3. The van der Waals surface area contributed by atoms with Gasteiger partial charge in [0, 0.05) is 80.0 Å². The number of hydrogen-bond donors (Lipinski definition) is 3. The summed E-state index contributed by atoms with van der Waals surface area (Å²) in [4.78, 5) is 9.59. The molecule has 10 nitrogen and oxygen atoms in total. The lowest BCUT2D eigenvalue weighted by molar-refractivity contribution is -0.173. The molecule has 4 heterocycles. The summed E-state index contributed by atoms with van der Waals surface area (Å²) < 4.78 is 53.7. The molecule has 1 atom stereocenters. The van der Waals surface area contributed by atoms with Crippen LogP contribution in [-0.2, 0) is 10.2 Å². The van der Waals surface area contributed by atoms with Gasteiger partial charge in [-0.15, -0.1) is 0 Å². The fraction of sp³-hybridized carbons (Fsp3) is 0.304. The molecule has 0 bridgehead atoms. The Morgan fingerprint density at radius 3 is 2.71 bits per heavy atom. The number of benzene rings is 1. The van der Waals surface area contributed by atoms with Gasteiger partial charge >= 0.3 is 16.3 Å². The standard InChI is InChI=1S/C23H25FN6O4S/c1-23(24)33-20-4-3-15(10-21(20)34-23)19-14-27-22-18(19)9-16(12-26-22)17(11-25)13-28-35(31,32)30-7-5-29(2)6-8-30/h3-4,9-14,25,28H,5-8H2,1-2H3,(H,26,27)/b17-13+,25-11?. The molecule has 3 aromatic rings. The van der Waals surface area contributed by atoms with Crippen LogP contribution in [-0.4, -0.2) is 73.1 Å². The van der Waals surface area contributed by atoms with Crippen LogP contribution in [0.3, 0.4) is 0 Å². The van der Waals surface area contributed by atoms with Gasteiger partial charge < -0.3 is 24.8 Å². The molecule has 12 heteroatoms. The van der Waals surface area contributed by atoms with Gasteiger partial charge in [-0.3, -0.25) is 4.72 Å². The summed E-state index contributed by atoms with van der Waals surface area (Å²) in [5.74, 6) is 0.614. The molecule has 1 saturated heterocycles.